The topological polar surface area (TPSA) is 58.6 Å². The second-order valence-corrected chi connectivity index (χ2v) is 12.0. The van der Waals surface area contributed by atoms with Crippen LogP contribution in [0.2, 0.25) is 10.0 Å². The van der Waals surface area contributed by atoms with Crippen molar-refractivity contribution >= 4 is 50.9 Å². The van der Waals surface area contributed by atoms with Crippen molar-refractivity contribution in [1.29, 1.82) is 0 Å². The maximum atomic E-state index is 13.3. The highest BCUT2D eigenvalue weighted by molar-refractivity contribution is 9.10. The Balaban J connectivity index is 2.27. The molecule has 0 radical (unpaired) electrons. The third kappa shape index (κ3) is 7.89. The van der Waals surface area contributed by atoms with Crippen LogP contribution in [0.4, 0.5) is 0 Å². The molecule has 0 aromatic heterocycles. The first kappa shape index (κ1) is 28.5. The van der Waals surface area contributed by atoms with Gasteiger partial charge in [-0.05, 0) is 78.9 Å². The molecule has 0 aliphatic rings. The van der Waals surface area contributed by atoms with Crippen LogP contribution in [0.1, 0.15) is 59.6 Å². The summed E-state index contributed by atoms with van der Waals surface area (Å²) in [5, 5.41) is 3.78. The predicted molar refractivity (Wildman–Crippen MR) is 143 cm³/mol. The third-order valence-corrected chi connectivity index (χ3v) is 6.53. The molecule has 0 fully saturated rings. The lowest BCUT2D eigenvalue weighted by Crippen LogP contribution is -2.53. The highest BCUT2D eigenvalue weighted by Crippen LogP contribution is 2.32. The molecule has 0 unspecified atom stereocenters. The fourth-order valence-electron chi connectivity index (χ4n) is 3.22. The zero-order valence-corrected chi connectivity index (χ0v) is 23.9. The number of halogens is 3. The van der Waals surface area contributed by atoms with Crippen molar-refractivity contribution in [2.75, 3.05) is 6.61 Å². The number of rotatable bonds is 7. The smallest absolute Gasteiger partial charge is 0.261 e. The molecule has 0 aliphatic heterocycles. The molecule has 1 atom stereocenters. The zero-order valence-electron chi connectivity index (χ0n) is 20.8. The van der Waals surface area contributed by atoms with E-state index in [1.54, 1.807) is 25.1 Å². The number of nitrogens with zero attached hydrogens (tertiary/aromatic N) is 1. The molecule has 5 nitrogen and oxygen atoms in total. The van der Waals surface area contributed by atoms with Gasteiger partial charge in [-0.3, -0.25) is 9.59 Å². The zero-order chi connectivity index (χ0) is 25.8. The van der Waals surface area contributed by atoms with Crippen LogP contribution >= 0.6 is 39.1 Å². The van der Waals surface area contributed by atoms with Gasteiger partial charge < -0.3 is 15.0 Å². The van der Waals surface area contributed by atoms with Crippen LogP contribution in [0, 0.1) is 0 Å². The van der Waals surface area contributed by atoms with Gasteiger partial charge in [0.1, 0.15) is 11.8 Å². The summed E-state index contributed by atoms with van der Waals surface area (Å²) >= 11 is 16.2. The van der Waals surface area contributed by atoms with E-state index >= 15 is 0 Å². The van der Waals surface area contributed by atoms with Crippen LogP contribution in [0.5, 0.6) is 5.75 Å². The van der Waals surface area contributed by atoms with Crippen LogP contribution in [0.3, 0.4) is 0 Å². The van der Waals surface area contributed by atoms with Crippen molar-refractivity contribution in [2.24, 2.45) is 0 Å². The van der Waals surface area contributed by atoms with Gasteiger partial charge in [-0.1, -0.05) is 56.1 Å². The minimum absolute atomic E-state index is 0.0161. The lowest BCUT2D eigenvalue weighted by atomic mass is 9.87. The molecule has 0 saturated heterocycles. The predicted octanol–water partition coefficient (Wildman–Crippen LogP) is 6.76. The van der Waals surface area contributed by atoms with Crippen LogP contribution in [-0.4, -0.2) is 34.9 Å². The van der Waals surface area contributed by atoms with Crippen molar-refractivity contribution < 1.29 is 14.3 Å². The van der Waals surface area contributed by atoms with E-state index in [0.29, 0.717) is 21.4 Å². The molecule has 0 saturated carbocycles. The highest BCUT2D eigenvalue weighted by atomic mass is 79.9. The van der Waals surface area contributed by atoms with Gasteiger partial charge in [-0.25, -0.2) is 0 Å². The second-order valence-electron chi connectivity index (χ2n) is 10.3. The number of hydrogen-bond donors (Lipinski definition) is 1. The molecule has 2 aromatic carbocycles. The van der Waals surface area contributed by atoms with E-state index in [2.05, 4.69) is 42.0 Å². The number of hydrogen-bond acceptors (Lipinski definition) is 3. The Morgan fingerprint density at radius 3 is 2.15 bits per heavy atom. The number of carbonyl (C=O) groups excluding carboxylic acids is 2. The molecule has 34 heavy (non-hydrogen) atoms. The van der Waals surface area contributed by atoms with Crippen LogP contribution in [0.15, 0.2) is 40.9 Å². The Bertz CT molecular complexity index is 1030. The van der Waals surface area contributed by atoms with Crippen molar-refractivity contribution in [3.8, 4) is 5.75 Å². The molecule has 2 aromatic rings. The summed E-state index contributed by atoms with van der Waals surface area (Å²) in [6.45, 7) is 13.5. The van der Waals surface area contributed by atoms with Gasteiger partial charge in [0.2, 0.25) is 5.91 Å². The Morgan fingerprint density at radius 2 is 1.65 bits per heavy atom. The summed E-state index contributed by atoms with van der Waals surface area (Å²) in [6.07, 6.45) is 0. The van der Waals surface area contributed by atoms with Gasteiger partial charge in [-0.2, -0.15) is 0 Å². The van der Waals surface area contributed by atoms with Crippen molar-refractivity contribution in [2.45, 2.75) is 72.0 Å². The first-order chi connectivity index (χ1) is 15.6. The summed E-state index contributed by atoms with van der Waals surface area (Å²) < 4.78 is 6.60. The normalized spacial score (nSPS) is 12.8. The van der Waals surface area contributed by atoms with Gasteiger partial charge in [0.25, 0.3) is 5.91 Å². The summed E-state index contributed by atoms with van der Waals surface area (Å²) in [4.78, 5) is 27.7. The third-order valence-electron chi connectivity index (χ3n) is 5.20. The van der Waals surface area contributed by atoms with Crippen LogP contribution < -0.4 is 10.1 Å². The van der Waals surface area contributed by atoms with E-state index < -0.39 is 11.6 Å². The molecule has 0 heterocycles. The van der Waals surface area contributed by atoms with E-state index in [9.17, 15) is 9.59 Å². The second kappa shape index (κ2) is 11.3. The SMILES string of the molecule is C[C@H](C(=O)NC(C)(C)C)N(Cc1c(Cl)cccc1Cl)C(=O)COc1ccc(C(C)(C)C)cc1Br. The maximum Gasteiger partial charge on any atom is 0.261 e. The van der Waals surface area contributed by atoms with Crippen LogP contribution in [0.25, 0.3) is 0 Å². The average molecular weight is 572 g/mol. The van der Waals surface area contributed by atoms with E-state index in [-0.39, 0.29) is 30.4 Å². The largest absolute Gasteiger partial charge is 0.483 e. The maximum absolute atomic E-state index is 13.3. The first-order valence-electron chi connectivity index (χ1n) is 11.1. The highest BCUT2D eigenvalue weighted by Gasteiger charge is 2.30. The fraction of sp³-hybridized carbons (Fsp3) is 0.462. The van der Waals surface area contributed by atoms with Crippen molar-refractivity contribution in [3.63, 3.8) is 0 Å². The van der Waals surface area contributed by atoms with E-state index in [1.165, 1.54) is 4.90 Å². The lowest BCUT2D eigenvalue weighted by molar-refractivity contribution is -0.142. The minimum atomic E-state index is -0.769. The number of benzene rings is 2. The lowest BCUT2D eigenvalue weighted by Gasteiger charge is -2.32. The van der Waals surface area contributed by atoms with E-state index in [1.807, 2.05) is 39.0 Å². The molecular formula is C26H33BrCl2N2O3. The van der Waals surface area contributed by atoms with Gasteiger partial charge in [-0.15, -0.1) is 0 Å². The summed E-state index contributed by atoms with van der Waals surface area (Å²) in [6, 6.07) is 10.2. The summed E-state index contributed by atoms with van der Waals surface area (Å²) in [5.41, 5.74) is 1.25. The Morgan fingerprint density at radius 1 is 1.06 bits per heavy atom. The molecule has 0 spiro atoms. The molecule has 8 heteroatoms. The van der Waals surface area contributed by atoms with Gasteiger partial charge in [0, 0.05) is 27.7 Å². The van der Waals surface area contributed by atoms with Gasteiger partial charge in [0.15, 0.2) is 6.61 Å². The molecule has 0 aliphatic carbocycles. The number of ether oxygens (including phenoxy) is 1. The fourth-order valence-corrected chi connectivity index (χ4v) is 4.23. The Kier molecular flexibility index (Phi) is 9.48. The molecule has 2 amide bonds. The Hall–Kier alpha value is -1.76. The average Bonchev–Trinajstić information content (AvgIpc) is 2.70. The molecule has 2 rings (SSSR count). The Labute approximate surface area is 221 Å². The molecular weight excluding hydrogens is 539 g/mol. The van der Waals surface area contributed by atoms with Gasteiger partial charge in [0.05, 0.1) is 4.47 Å². The standard InChI is InChI=1S/C26H33BrCl2N2O3/c1-16(24(33)30-26(5,6)7)31(14-18-20(28)9-8-10-21(18)29)23(32)15-34-22-12-11-17(13-19(22)27)25(2,3)4/h8-13,16H,14-15H2,1-7H3,(H,30,33)/t16-/m1/s1. The summed E-state index contributed by atoms with van der Waals surface area (Å²) in [5.74, 6) is -0.0945. The quantitative estimate of drug-likeness (QED) is 0.399. The van der Waals surface area contributed by atoms with Crippen molar-refractivity contribution in [3.05, 3.63) is 62.0 Å². The van der Waals surface area contributed by atoms with E-state index in [0.717, 1.165) is 10.0 Å². The van der Waals surface area contributed by atoms with Crippen LogP contribution in [-0.2, 0) is 21.5 Å². The van der Waals surface area contributed by atoms with Gasteiger partial charge >= 0.3 is 0 Å². The number of amides is 2. The van der Waals surface area contributed by atoms with E-state index in [4.69, 9.17) is 27.9 Å². The van der Waals surface area contributed by atoms with Crippen molar-refractivity contribution in [1.82, 2.24) is 10.2 Å². The number of nitrogens with one attached hydrogen (secondary N) is 1. The molecule has 0 bridgehead atoms. The molecule has 1 N–H and O–H groups in total. The first-order valence-corrected chi connectivity index (χ1v) is 12.6. The molecule has 186 valence electrons. The summed E-state index contributed by atoms with van der Waals surface area (Å²) in [7, 11) is 0. The number of carbonyl (C=O) groups is 2. The monoisotopic (exact) mass is 570 g/mol. The minimum Gasteiger partial charge on any atom is -0.483 e.